The Labute approximate surface area is 104 Å². The second-order valence-corrected chi connectivity index (χ2v) is 5.16. The number of hydrogen-bond acceptors (Lipinski definition) is 2. The van der Waals surface area contributed by atoms with E-state index in [0.717, 1.165) is 13.2 Å². The van der Waals surface area contributed by atoms with Crippen molar-refractivity contribution in [3.05, 3.63) is 34.9 Å². The largest absolute Gasteiger partial charge is 0.381 e. The monoisotopic (exact) mass is 233 g/mol. The summed E-state index contributed by atoms with van der Waals surface area (Å²) in [6, 6.07) is 7.24. The van der Waals surface area contributed by atoms with Gasteiger partial charge in [0.05, 0.1) is 6.61 Å². The first kappa shape index (κ1) is 12.6. The first-order valence-corrected chi connectivity index (χ1v) is 6.54. The molecule has 1 aromatic rings. The Morgan fingerprint density at radius 2 is 1.94 bits per heavy atom. The minimum absolute atomic E-state index is 0.425. The van der Waals surface area contributed by atoms with E-state index in [2.05, 4.69) is 44.4 Å². The second kappa shape index (κ2) is 5.65. The van der Waals surface area contributed by atoms with Gasteiger partial charge in [0.25, 0.3) is 0 Å². The predicted molar refractivity (Wildman–Crippen MR) is 71.3 cm³/mol. The second-order valence-electron chi connectivity index (χ2n) is 5.16. The Morgan fingerprint density at radius 1 is 1.24 bits per heavy atom. The molecule has 0 amide bonds. The van der Waals surface area contributed by atoms with Gasteiger partial charge in [-0.1, -0.05) is 29.3 Å². The Kier molecular flexibility index (Phi) is 4.19. The number of aryl methyl sites for hydroxylation is 2. The number of nitrogens with one attached hydrogen (secondary N) is 1. The highest BCUT2D eigenvalue weighted by Crippen LogP contribution is 2.29. The van der Waals surface area contributed by atoms with Gasteiger partial charge in [-0.05, 0) is 39.3 Å². The SMILES string of the molecule is CNC(c1cc(C)cc(C)c1)C1CCCOC1. The van der Waals surface area contributed by atoms with Gasteiger partial charge < -0.3 is 10.1 Å². The highest BCUT2D eigenvalue weighted by molar-refractivity contribution is 5.31. The quantitative estimate of drug-likeness (QED) is 0.866. The minimum atomic E-state index is 0.425. The van der Waals surface area contributed by atoms with Crippen LogP contribution in [0.2, 0.25) is 0 Å². The minimum Gasteiger partial charge on any atom is -0.381 e. The number of benzene rings is 1. The third-order valence-corrected chi connectivity index (χ3v) is 3.58. The van der Waals surface area contributed by atoms with E-state index < -0.39 is 0 Å². The van der Waals surface area contributed by atoms with Gasteiger partial charge in [0, 0.05) is 18.6 Å². The number of hydrogen-bond donors (Lipinski definition) is 1. The van der Waals surface area contributed by atoms with Crippen LogP contribution in [-0.4, -0.2) is 20.3 Å². The highest BCUT2D eigenvalue weighted by Gasteiger charge is 2.24. The lowest BCUT2D eigenvalue weighted by Gasteiger charge is -2.30. The lowest BCUT2D eigenvalue weighted by Crippen LogP contribution is -2.31. The maximum Gasteiger partial charge on any atom is 0.0512 e. The summed E-state index contributed by atoms with van der Waals surface area (Å²) in [5, 5.41) is 3.46. The van der Waals surface area contributed by atoms with Crippen molar-refractivity contribution >= 4 is 0 Å². The molecule has 1 aliphatic heterocycles. The summed E-state index contributed by atoms with van der Waals surface area (Å²) in [7, 11) is 2.05. The fraction of sp³-hybridized carbons (Fsp3) is 0.600. The number of ether oxygens (including phenoxy) is 1. The Bertz CT molecular complexity index is 349. The summed E-state index contributed by atoms with van der Waals surface area (Å²) in [6.07, 6.45) is 2.45. The number of rotatable bonds is 3. The molecule has 0 aromatic heterocycles. The van der Waals surface area contributed by atoms with Crippen molar-refractivity contribution in [1.82, 2.24) is 5.32 Å². The smallest absolute Gasteiger partial charge is 0.0512 e. The summed E-state index contributed by atoms with van der Waals surface area (Å²) in [4.78, 5) is 0. The lowest BCUT2D eigenvalue weighted by molar-refractivity contribution is 0.0402. The molecule has 17 heavy (non-hydrogen) atoms. The van der Waals surface area contributed by atoms with Crippen molar-refractivity contribution in [1.29, 1.82) is 0 Å². The third-order valence-electron chi connectivity index (χ3n) is 3.58. The molecule has 2 rings (SSSR count). The van der Waals surface area contributed by atoms with Crippen molar-refractivity contribution in [2.75, 3.05) is 20.3 Å². The lowest BCUT2D eigenvalue weighted by atomic mass is 9.87. The average Bonchev–Trinajstić information content (AvgIpc) is 2.30. The maximum atomic E-state index is 5.61. The average molecular weight is 233 g/mol. The molecular weight excluding hydrogens is 210 g/mol. The summed E-state index contributed by atoms with van der Waals surface area (Å²) < 4.78 is 5.61. The van der Waals surface area contributed by atoms with Crippen LogP contribution < -0.4 is 5.32 Å². The van der Waals surface area contributed by atoms with E-state index in [9.17, 15) is 0 Å². The zero-order chi connectivity index (χ0) is 12.3. The summed E-state index contributed by atoms with van der Waals surface area (Å²) in [5.41, 5.74) is 4.09. The first-order valence-electron chi connectivity index (χ1n) is 6.54. The molecule has 1 aliphatic rings. The molecule has 0 saturated carbocycles. The van der Waals surface area contributed by atoms with Gasteiger partial charge in [-0.2, -0.15) is 0 Å². The van der Waals surface area contributed by atoms with Gasteiger partial charge in [0.1, 0.15) is 0 Å². The molecule has 1 fully saturated rings. The van der Waals surface area contributed by atoms with Crippen LogP contribution in [0, 0.1) is 19.8 Å². The normalized spacial score (nSPS) is 22.4. The molecule has 1 N–H and O–H groups in total. The maximum absolute atomic E-state index is 5.61. The first-order chi connectivity index (χ1) is 8.20. The van der Waals surface area contributed by atoms with E-state index in [-0.39, 0.29) is 0 Å². The van der Waals surface area contributed by atoms with Crippen LogP contribution in [0.25, 0.3) is 0 Å². The van der Waals surface area contributed by atoms with Crippen molar-refractivity contribution < 1.29 is 4.74 Å². The van der Waals surface area contributed by atoms with E-state index in [1.807, 2.05) is 0 Å². The Morgan fingerprint density at radius 3 is 2.47 bits per heavy atom. The van der Waals surface area contributed by atoms with Gasteiger partial charge in [-0.3, -0.25) is 0 Å². The molecule has 0 spiro atoms. The highest BCUT2D eigenvalue weighted by atomic mass is 16.5. The summed E-state index contributed by atoms with van der Waals surface area (Å²) in [5.74, 6) is 0.606. The molecular formula is C15H23NO. The molecule has 94 valence electrons. The topological polar surface area (TPSA) is 21.3 Å². The molecule has 1 saturated heterocycles. The molecule has 2 nitrogen and oxygen atoms in total. The fourth-order valence-electron chi connectivity index (χ4n) is 2.89. The van der Waals surface area contributed by atoms with Crippen LogP contribution in [0.15, 0.2) is 18.2 Å². The molecule has 2 unspecified atom stereocenters. The molecule has 0 aliphatic carbocycles. The van der Waals surface area contributed by atoms with E-state index in [1.165, 1.54) is 29.5 Å². The van der Waals surface area contributed by atoms with Crippen LogP contribution in [0.4, 0.5) is 0 Å². The van der Waals surface area contributed by atoms with Crippen LogP contribution in [0.3, 0.4) is 0 Å². The standard InChI is InChI=1S/C15H23NO/c1-11-7-12(2)9-14(8-11)15(16-3)13-5-4-6-17-10-13/h7-9,13,15-16H,4-6,10H2,1-3H3. The Balaban J connectivity index is 2.21. The zero-order valence-corrected chi connectivity index (χ0v) is 11.1. The van der Waals surface area contributed by atoms with Crippen molar-refractivity contribution in [2.45, 2.75) is 32.7 Å². The van der Waals surface area contributed by atoms with E-state index in [4.69, 9.17) is 4.74 Å². The fourth-order valence-corrected chi connectivity index (χ4v) is 2.89. The van der Waals surface area contributed by atoms with Gasteiger partial charge in [-0.15, -0.1) is 0 Å². The van der Waals surface area contributed by atoms with E-state index in [0.29, 0.717) is 12.0 Å². The summed E-state index contributed by atoms with van der Waals surface area (Å²) >= 11 is 0. The molecule has 1 aromatic carbocycles. The van der Waals surface area contributed by atoms with Crippen molar-refractivity contribution in [2.24, 2.45) is 5.92 Å². The van der Waals surface area contributed by atoms with Gasteiger partial charge in [0.15, 0.2) is 0 Å². The van der Waals surface area contributed by atoms with E-state index in [1.54, 1.807) is 0 Å². The molecule has 0 bridgehead atoms. The van der Waals surface area contributed by atoms with Gasteiger partial charge in [-0.25, -0.2) is 0 Å². The van der Waals surface area contributed by atoms with Crippen LogP contribution in [0.5, 0.6) is 0 Å². The van der Waals surface area contributed by atoms with Crippen molar-refractivity contribution in [3.8, 4) is 0 Å². The van der Waals surface area contributed by atoms with Crippen LogP contribution >= 0.6 is 0 Å². The predicted octanol–water partition coefficient (Wildman–Crippen LogP) is 2.99. The molecule has 2 heteroatoms. The van der Waals surface area contributed by atoms with E-state index >= 15 is 0 Å². The molecule has 2 atom stereocenters. The van der Waals surface area contributed by atoms with Crippen LogP contribution in [-0.2, 0) is 4.74 Å². The van der Waals surface area contributed by atoms with Gasteiger partial charge in [0.2, 0.25) is 0 Å². The summed E-state index contributed by atoms with van der Waals surface area (Å²) in [6.45, 7) is 6.15. The van der Waals surface area contributed by atoms with Crippen LogP contribution in [0.1, 0.15) is 35.6 Å². The molecule has 0 radical (unpaired) electrons. The Hall–Kier alpha value is -0.860. The van der Waals surface area contributed by atoms with Gasteiger partial charge >= 0.3 is 0 Å². The third kappa shape index (κ3) is 3.08. The zero-order valence-electron chi connectivity index (χ0n) is 11.1. The van der Waals surface area contributed by atoms with Crippen molar-refractivity contribution in [3.63, 3.8) is 0 Å². The molecule has 1 heterocycles.